The molecule has 1 aromatic rings. The van der Waals surface area contributed by atoms with E-state index in [0.717, 1.165) is 5.56 Å². The van der Waals surface area contributed by atoms with Gasteiger partial charge in [-0.1, -0.05) is 30.3 Å². The van der Waals surface area contributed by atoms with Gasteiger partial charge in [0, 0.05) is 13.7 Å². The van der Waals surface area contributed by atoms with Gasteiger partial charge in [-0.15, -0.1) is 0 Å². The van der Waals surface area contributed by atoms with Crippen LogP contribution in [0, 0.1) is 0 Å². The average Bonchev–Trinajstić information content (AvgIpc) is 2.18. The molecule has 0 radical (unpaired) electrons. The molecule has 2 N–H and O–H groups in total. The third kappa shape index (κ3) is 1.42. The molecule has 2 atom stereocenters. The minimum absolute atomic E-state index is 0.532. The van der Waals surface area contributed by atoms with Crippen molar-refractivity contribution in [2.24, 2.45) is 0 Å². The first-order valence-corrected chi connectivity index (χ1v) is 4.77. The van der Waals surface area contributed by atoms with Crippen molar-refractivity contribution in [2.45, 2.75) is 11.6 Å². The fourth-order valence-electron chi connectivity index (χ4n) is 1.97. The Bertz CT molecular complexity index is 361. The van der Waals surface area contributed by atoms with Crippen LogP contribution in [0.1, 0.15) is 5.56 Å². The molecule has 1 aromatic carbocycles. The van der Waals surface area contributed by atoms with Gasteiger partial charge in [0.25, 0.3) is 0 Å². The number of hydrogen-bond acceptors (Lipinski definition) is 3. The van der Waals surface area contributed by atoms with Crippen LogP contribution in [-0.4, -0.2) is 30.8 Å². The van der Waals surface area contributed by atoms with Crippen molar-refractivity contribution in [3.8, 4) is 0 Å². The van der Waals surface area contributed by atoms with Crippen molar-refractivity contribution in [1.82, 2.24) is 5.32 Å². The van der Waals surface area contributed by atoms with Gasteiger partial charge in [0.2, 0.25) is 0 Å². The SMILES string of the molecule is CO[C@@]1(c2ccccc2)CN[C@H]1C(=O)O. The molecule has 1 heterocycles. The molecule has 0 aromatic heterocycles. The Hall–Kier alpha value is -1.39. The predicted molar refractivity (Wildman–Crippen MR) is 54.6 cm³/mol. The van der Waals surface area contributed by atoms with Gasteiger partial charge in [-0.25, -0.2) is 0 Å². The third-order valence-electron chi connectivity index (χ3n) is 2.91. The maximum atomic E-state index is 11.0. The molecular weight excluding hydrogens is 194 g/mol. The number of carboxylic acid groups (broad SMARTS) is 1. The molecule has 80 valence electrons. The second-order valence-electron chi connectivity index (χ2n) is 3.61. The Balaban J connectivity index is 2.35. The van der Waals surface area contributed by atoms with Crippen LogP contribution >= 0.6 is 0 Å². The zero-order valence-corrected chi connectivity index (χ0v) is 8.43. The first-order valence-electron chi connectivity index (χ1n) is 4.77. The minimum atomic E-state index is -0.882. The average molecular weight is 207 g/mol. The summed E-state index contributed by atoms with van der Waals surface area (Å²) < 4.78 is 5.39. The van der Waals surface area contributed by atoms with Crippen LogP contribution in [0.25, 0.3) is 0 Å². The smallest absolute Gasteiger partial charge is 0.324 e. The number of ether oxygens (including phenoxy) is 1. The van der Waals surface area contributed by atoms with Crippen LogP contribution < -0.4 is 5.32 Å². The van der Waals surface area contributed by atoms with Crippen molar-refractivity contribution in [1.29, 1.82) is 0 Å². The highest BCUT2D eigenvalue weighted by molar-refractivity contribution is 5.77. The van der Waals surface area contributed by atoms with Crippen molar-refractivity contribution < 1.29 is 14.6 Å². The lowest BCUT2D eigenvalue weighted by Crippen LogP contribution is -2.69. The lowest BCUT2D eigenvalue weighted by Gasteiger charge is -2.47. The largest absolute Gasteiger partial charge is 0.480 e. The van der Waals surface area contributed by atoms with Crippen LogP contribution in [-0.2, 0) is 15.1 Å². The number of aliphatic carboxylic acids is 1. The highest BCUT2D eigenvalue weighted by Crippen LogP contribution is 2.34. The molecule has 4 nitrogen and oxygen atoms in total. The standard InChI is InChI=1S/C11H13NO3/c1-15-11(7-12-9(11)10(13)14)8-5-3-2-4-6-8/h2-6,9,12H,7H2,1H3,(H,13,14)/t9-,11+/m0/s1. The van der Waals surface area contributed by atoms with Gasteiger partial charge >= 0.3 is 5.97 Å². The van der Waals surface area contributed by atoms with Crippen LogP contribution in [0.4, 0.5) is 0 Å². The minimum Gasteiger partial charge on any atom is -0.480 e. The van der Waals surface area contributed by atoms with E-state index in [1.54, 1.807) is 7.11 Å². The van der Waals surface area contributed by atoms with Crippen LogP contribution in [0.15, 0.2) is 30.3 Å². The zero-order valence-electron chi connectivity index (χ0n) is 8.43. The number of methoxy groups -OCH3 is 1. The van der Waals surface area contributed by atoms with Crippen molar-refractivity contribution in [3.63, 3.8) is 0 Å². The molecule has 1 saturated heterocycles. The van der Waals surface area contributed by atoms with E-state index in [4.69, 9.17) is 9.84 Å². The predicted octanol–water partition coefficient (Wildman–Crippen LogP) is 0.585. The van der Waals surface area contributed by atoms with E-state index in [-0.39, 0.29) is 0 Å². The Labute approximate surface area is 87.9 Å². The number of rotatable bonds is 3. The zero-order chi connectivity index (χ0) is 10.9. The maximum absolute atomic E-state index is 11.0. The van der Waals surface area contributed by atoms with E-state index >= 15 is 0 Å². The third-order valence-corrected chi connectivity index (χ3v) is 2.91. The Morgan fingerprint density at radius 2 is 2.20 bits per heavy atom. The Morgan fingerprint density at radius 1 is 1.53 bits per heavy atom. The highest BCUT2D eigenvalue weighted by atomic mass is 16.5. The van der Waals surface area contributed by atoms with Gasteiger partial charge in [0.1, 0.15) is 11.6 Å². The van der Waals surface area contributed by atoms with Crippen molar-refractivity contribution >= 4 is 5.97 Å². The number of nitrogens with one attached hydrogen (secondary N) is 1. The lowest BCUT2D eigenvalue weighted by atomic mass is 9.79. The summed E-state index contributed by atoms with van der Waals surface area (Å²) in [6.07, 6.45) is 0. The summed E-state index contributed by atoms with van der Waals surface area (Å²) >= 11 is 0. The molecular formula is C11H13NO3. The van der Waals surface area contributed by atoms with Gasteiger partial charge in [0.05, 0.1) is 0 Å². The summed E-state index contributed by atoms with van der Waals surface area (Å²) in [4.78, 5) is 11.0. The number of benzene rings is 1. The second kappa shape index (κ2) is 3.64. The van der Waals surface area contributed by atoms with Crippen molar-refractivity contribution in [3.05, 3.63) is 35.9 Å². The highest BCUT2D eigenvalue weighted by Gasteiger charge is 2.52. The molecule has 1 aliphatic heterocycles. The quantitative estimate of drug-likeness (QED) is 0.761. The fourth-order valence-corrected chi connectivity index (χ4v) is 1.97. The Morgan fingerprint density at radius 3 is 2.60 bits per heavy atom. The second-order valence-corrected chi connectivity index (χ2v) is 3.61. The van der Waals surface area contributed by atoms with Crippen LogP contribution in [0.3, 0.4) is 0 Å². The Kier molecular flexibility index (Phi) is 2.46. The lowest BCUT2D eigenvalue weighted by molar-refractivity contribution is -0.162. The molecule has 15 heavy (non-hydrogen) atoms. The van der Waals surface area contributed by atoms with Gasteiger partial charge in [0.15, 0.2) is 0 Å². The fraction of sp³-hybridized carbons (Fsp3) is 0.364. The topological polar surface area (TPSA) is 58.6 Å². The number of carbonyl (C=O) groups is 1. The van der Waals surface area contributed by atoms with Gasteiger partial charge in [-0.2, -0.15) is 0 Å². The monoisotopic (exact) mass is 207 g/mol. The van der Waals surface area contributed by atoms with E-state index in [1.807, 2.05) is 30.3 Å². The van der Waals surface area contributed by atoms with E-state index in [1.165, 1.54) is 0 Å². The summed E-state index contributed by atoms with van der Waals surface area (Å²) in [6, 6.07) is 8.78. The molecule has 1 fully saturated rings. The number of carboxylic acids is 1. The molecule has 1 aliphatic rings. The van der Waals surface area contributed by atoms with E-state index in [0.29, 0.717) is 6.54 Å². The summed E-state index contributed by atoms with van der Waals surface area (Å²) in [5.74, 6) is -0.882. The molecule has 4 heteroatoms. The van der Waals surface area contributed by atoms with Crippen molar-refractivity contribution in [2.75, 3.05) is 13.7 Å². The summed E-state index contributed by atoms with van der Waals surface area (Å²) in [5.41, 5.74) is 0.186. The molecule has 0 unspecified atom stereocenters. The first-order chi connectivity index (χ1) is 7.20. The molecule has 0 saturated carbocycles. The van der Waals surface area contributed by atoms with Crippen LogP contribution in [0.2, 0.25) is 0 Å². The normalized spacial score (nSPS) is 29.5. The maximum Gasteiger partial charge on any atom is 0.324 e. The van der Waals surface area contributed by atoms with E-state index < -0.39 is 17.6 Å². The van der Waals surface area contributed by atoms with E-state index in [2.05, 4.69) is 5.32 Å². The molecule has 0 spiro atoms. The molecule has 2 rings (SSSR count). The molecule has 0 amide bonds. The van der Waals surface area contributed by atoms with Crippen LogP contribution in [0.5, 0.6) is 0 Å². The summed E-state index contributed by atoms with van der Waals surface area (Å²) in [6.45, 7) is 0.532. The summed E-state index contributed by atoms with van der Waals surface area (Å²) in [5, 5.41) is 11.9. The first kappa shape index (κ1) is 10.1. The summed E-state index contributed by atoms with van der Waals surface area (Å²) in [7, 11) is 1.55. The van der Waals surface area contributed by atoms with E-state index in [9.17, 15) is 4.79 Å². The molecule has 0 bridgehead atoms. The van der Waals surface area contributed by atoms with Gasteiger partial charge in [-0.3, -0.25) is 10.1 Å². The number of hydrogen-bond donors (Lipinski definition) is 2. The van der Waals surface area contributed by atoms with Gasteiger partial charge in [-0.05, 0) is 5.56 Å². The van der Waals surface area contributed by atoms with Gasteiger partial charge < -0.3 is 9.84 Å². The molecule has 0 aliphatic carbocycles.